The Hall–Kier alpha value is -5.55. The number of piperidine rings is 3. The van der Waals surface area contributed by atoms with E-state index in [1.54, 1.807) is 36.4 Å². The van der Waals surface area contributed by atoms with Crippen molar-refractivity contribution >= 4 is 52.6 Å². The summed E-state index contributed by atoms with van der Waals surface area (Å²) >= 11 is 6.15. The molecule has 3 saturated heterocycles. The van der Waals surface area contributed by atoms with Gasteiger partial charge in [-0.05, 0) is 112 Å². The Balaban J connectivity index is 0.735. The third-order valence-electron chi connectivity index (χ3n) is 12.6. The lowest BCUT2D eigenvalue weighted by Gasteiger charge is -2.36. The van der Waals surface area contributed by atoms with Gasteiger partial charge in [-0.25, -0.2) is 0 Å². The molecule has 0 radical (unpaired) electrons. The summed E-state index contributed by atoms with van der Waals surface area (Å²) in [5.41, 5.74) is 2.26. The molecule has 5 aliphatic rings. The third kappa shape index (κ3) is 8.50. The normalized spacial score (nSPS) is 23.0. The number of aromatic nitrogens is 2. The van der Waals surface area contributed by atoms with Crippen molar-refractivity contribution < 1.29 is 28.7 Å². The minimum atomic E-state index is -0.966. The van der Waals surface area contributed by atoms with Gasteiger partial charge in [0.25, 0.3) is 17.7 Å². The topological polar surface area (TPSA) is 178 Å². The van der Waals surface area contributed by atoms with Gasteiger partial charge >= 0.3 is 0 Å². The molecule has 1 atom stereocenters. The first-order chi connectivity index (χ1) is 28.1. The van der Waals surface area contributed by atoms with Gasteiger partial charge in [0.2, 0.25) is 11.8 Å². The highest BCUT2D eigenvalue weighted by Gasteiger charge is 2.45. The van der Waals surface area contributed by atoms with Crippen molar-refractivity contribution in [2.75, 3.05) is 36.0 Å². The van der Waals surface area contributed by atoms with E-state index < -0.39 is 23.8 Å². The predicted octanol–water partition coefficient (Wildman–Crippen LogP) is 5.44. The molecule has 15 heteroatoms. The molecule has 302 valence electrons. The van der Waals surface area contributed by atoms with E-state index in [4.69, 9.17) is 21.6 Å². The van der Waals surface area contributed by atoms with Gasteiger partial charge < -0.3 is 19.9 Å². The van der Waals surface area contributed by atoms with Crippen molar-refractivity contribution in [2.24, 2.45) is 11.8 Å². The maximum atomic E-state index is 13.3. The van der Waals surface area contributed by atoms with E-state index in [0.717, 1.165) is 94.0 Å². The van der Waals surface area contributed by atoms with Crippen LogP contribution in [-0.2, 0) is 9.59 Å². The second kappa shape index (κ2) is 17.1. The summed E-state index contributed by atoms with van der Waals surface area (Å²) in [6.45, 7) is 3.56. The molecule has 1 unspecified atom stereocenters. The summed E-state index contributed by atoms with van der Waals surface area (Å²) in [5, 5.41) is 23.5. The maximum Gasteiger partial charge on any atom is 0.272 e. The van der Waals surface area contributed by atoms with E-state index in [0.29, 0.717) is 45.0 Å². The number of anilines is 2. The smallest absolute Gasteiger partial charge is 0.272 e. The molecule has 3 aromatic rings. The lowest BCUT2D eigenvalue weighted by atomic mass is 9.85. The average Bonchev–Trinajstić information content (AvgIpc) is 3.49. The van der Waals surface area contributed by atoms with E-state index in [-0.39, 0.29) is 36.8 Å². The molecule has 4 aliphatic heterocycles. The lowest BCUT2D eigenvalue weighted by molar-refractivity contribution is -0.136. The number of nitrogens with one attached hydrogen (secondary N) is 2. The van der Waals surface area contributed by atoms with Gasteiger partial charge in [0.1, 0.15) is 17.9 Å². The van der Waals surface area contributed by atoms with Gasteiger partial charge in [-0.1, -0.05) is 24.4 Å². The highest BCUT2D eigenvalue weighted by Crippen LogP contribution is 2.35. The van der Waals surface area contributed by atoms with Crippen LogP contribution < -0.4 is 25.2 Å². The number of amides is 5. The molecule has 1 aromatic heterocycles. The second-order valence-corrected chi connectivity index (χ2v) is 16.6. The number of benzene rings is 2. The van der Waals surface area contributed by atoms with Crippen molar-refractivity contribution in [3.05, 3.63) is 75.9 Å². The quantitative estimate of drug-likeness (QED) is 0.250. The Morgan fingerprint density at radius 3 is 2.14 bits per heavy atom. The van der Waals surface area contributed by atoms with Crippen molar-refractivity contribution in [1.29, 1.82) is 5.26 Å². The number of rotatable bonds is 10. The molecule has 14 nitrogen and oxygen atoms in total. The van der Waals surface area contributed by atoms with Crippen LogP contribution in [-0.4, -0.2) is 89.0 Å². The van der Waals surface area contributed by atoms with Crippen LogP contribution in [0.2, 0.25) is 5.02 Å². The van der Waals surface area contributed by atoms with Crippen LogP contribution >= 0.6 is 11.6 Å². The van der Waals surface area contributed by atoms with Crippen LogP contribution in [0, 0.1) is 23.2 Å². The maximum absolute atomic E-state index is 13.3. The van der Waals surface area contributed by atoms with Crippen molar-refractivity contribution in [1.82, 2.24) is 25.7 Å². The number of carbonyl (C=O) groups excluding carboxylic acids is 5. The van der Waals surface area contributed by atoms with E-state index in [2.05, 4.69) is 36.7 Å². The van der Waals surface area contributed by atoms with E-state index >= 15 is 0 Å². The van der Waals surface area contributed by atoms with Crippen LogP contribution in [0.3, 0.4) is 0 Å². The van der Waals surface area contributed by atoms with Crippen molar-refractivity contribution in [3.63, 3.8) is 0 Å². The van der Waals surface area contributed by atoms with Gasteiger partial charge in [-0.15, -0.1) is 10.2 Å². The van der Waals surface area contributed by atoms with Crippen LogP contribution in [0.5, 0.6) is 5.75 Å². The number of fused-ring (bicyclic) bond motifs is 1. The fourth-order valence-electron chi connectivity index (χ4n) is 9.11. The number of hydrogen-bond donors (Lipinski definition) is 2. The Morgan fingerprint density at radius 2 is 1.50 bits per heavy atom. The highest BCUT2D eigenvalue weighted by molar-refractivity contribution is 6.31. The summed E-state index contributed by atoms with van der Waals surface area (Å²) in [6.07, 6.45) is 10.1. The number of ether oxygens (including phenoxy) is 1. The van der Waals surface area contributed by atoms with Crippen molar-refractivity contribution in [3.8, 4) is 11.8 Å². The number of nitriles is 1. The molecule has 0 spiro atoms. The Morgan fingerprint density at radius 1 is 0.810 bits per heavy atom. The van der Waals surface area contributed by atoms with Crippen LogP contribution in [0.25, 0.3) is 0 Å². The number of nitrogens with zero attached hydrogens (tertiary/aromatic N) is 6. The molecule has 0 bridgehead atoms. The van der Waals surface area contributed by atoms with Crippen LogP contribution in [0.1, 0.15) is 114 Å². The number of hydrogen-bond acceptors (Lipinski definition) is 11. The molecular weight excluding hydrogens is 760 g/mol. The summed E-state index contributed by atoms with van der Waals surface area (Å²) in [5.74, 6) is 0.558. The molecule has 2 aromatic carbocycles. The van der Waals surface area contributed by atoms with Gasteiger partial charge in [0.15, 0.2) is 11.5 Å². The zero-order chi connectivity index (χ0) is 40.3. The number of imide groups is 2. The first-order valence-corrected chi connectivity index (χ1v) is 20.9. The SMILES string of the molecule is N#Cc1ccc(OC2CCC(NC(=O)c3ccc(N4CCC(CCC5CCN(c6ccc7c(c6)C(=O)N(C6CCC(=O)NC6=O)C7=O)CC5)CC4)nn3)CC2)cc1Cl. The molecule has 5 amide bonds. The van der Waals surface area contributed by atoms with E-state index in [1.807, 2.05) is 12.1 Å². The molecule has 5 heterocycles. The Kier molecular flexibility index (Phi) is 11.6. The number of halogens is 1. The van der Waals surface area contributed by atoms with Gasteiger partial charge in [0, 0.05) is 50.4 Å². The molecule has 4 fully saturated rings. The van der Waals surface area contributed by atoms with Gasteiger partial charge in [0.05, 0.1) is 27.8 Å². The minimum absolute atomic E-state index is 0.0241. The predicted molar refractivity (Wildman–Crippen MR) is 215 cm³/mol. The Labute approximate surface area is 342 Å². The molecule has 1 aliphatic carbocycles. The van der Waals surface area contributed by atoms with E-state index in [1.165, 1.54) is 12.8 Å². The highest BCUT2D eigenvalue weighted by atomic mass is 35.5. The molecule has 8 rings (SSSR count). The van der Waals surface area contributed by atoms with Crippen LogP contribution in [0.4, 0.5) is 11.5 Å². The summed E-state index contributed by atoms with van der Waals surface area (Å²) in [4.78, 5) is 69.0. The van der Waals surface area contributed by atoms with E-state index in [9.17, 15) is 24.0 Å². The molecule has 58 heavy (non-hydrogen) atoms. The minimum Gasteiger partial charge on any atom is -0.490 e. The number of carbonyl (C=O) groups is 5. The molecule has 2 N–H and O–H groups in total. The van der Waals surface area contributed by atoms with Gasteiger partial charge in [-0.3, -0.25) is 34.2 Å². The average molecular weight is 807 g/mol. The standard InChI is InChI=1S/C43H47ClN8O6/c44-35-24-32(7-3-28(35)25-45)58-31-8-4-29(5-9-31)46-40(54)36-11-13-38(49-48-36)51-21-17-27(18-22-51)2-1-26-15-19-50(20-16-26)30-6-10-33-34(23-30)43(57)52(42(33)56)37-12-14-39(53)47-41(37)55/h3,6-7,10-11,13,23-24,26-27,29,31,37H,1-2,4-5,8-9,12,14-22H2,(H,46,54)(H,47,53,55). The molecule has 1 saturated carbocycles. The fourth-order valence-corrected chi connectivity index (χ4v) is 9.32. The zero-order valence-corrected chi connectivity index (χ0v) is 33.1. The largest absolute Gasteiger partial charge is 0.490 e. The second-order valence-electron chi connectivity index (χ2n) is 16.2. The monoisotopic (exact) mass is 806 g/mol. The first-order valence-electron chi connectivity index (χ1n) is 20.5. The van der Waals surface area contributed by atoms with Gasteiger partial charge in [-0.2, -0.15) is 5.26 Å². The lowest BCUT2D eigenvalue weighted by Crippen LogP contribution is -2.54. The fraction of sp³-hybridized carbons (Fsp3) is 0.488. The summed E-state index contributed by atoms with van der Waals surface area (Å²) in [7, 11) is 0. The summed E-state index contributed by atoms with van der Waals surface area (Å²) < 4.78 is 6.08. The Bertz CT molecular complexity index is 2120. The molecular formula is C43H47ClN8O6. The third-order valence-corrected chi connectivity index (χ3v) is 12.9. The van der Waals surface area contributed by atoms with Crippen LogP contribution in [0.15, 0.2) is 48.5 Å². The zero-order valence-electron chi connectivity index (χ0n) is 32.3. The van der Waals surface area contributed by atoms with Crippen molar-refractivity contribution in [2.45, 2.75) is 95.2 Å². The first kappa shape index (κ1) is 39.3. The summed E-state index contributed by atoms with van der Waals surface area (Å²) in [6, 6.07) is 15.2.